The average molecular weight is 427 g/mol. The Morgan fingerprint density at radius 3 is 2.44 bits per heavy atom. The Labute approximate surface area is 183 Å². The lowest BCUT2D eigenvalue weighted by Crippen LogP contribution is -2.38. The van der Waals surface area contributed by atoms with E-state index in [-0.39, 0.29) is 5.92 Å². The van der Waals surface area contributed by atoms with E-state index in [1.54, 1.807) is 24.7 Å². The lowest BCUT2D eigenvalue weighted by atomic mass is 9.97. The van der Waals surface area contributed by atoms with E-state index in [9.17, 15) is 9.59 Å². The van der Waals surface area contributed by atoms with Crippen LogP contribution in [-0.4, -0.2) is 26.3 Å². The van der Waals surface area contributed by atoms with Gasteiger partial charge in [-0.05, 0) is 55.3 Å². The number of imidazole rings is 1. The lowest BCUT2D eigenvalue weighted by Gasteiger charge is -2.12. The summed E-state index contributed by atoms with van der Waals surface area (Å²) in [6.45, 7) is 1.94. The molecule has 2 aromatic carbocycles. The van der Waals surface area contributed by atoms with E-state index in [1.807, 2.05) is 54.1 Å². The Kier molecular flexibility index (Phi) is 4.44. The monoisotopic (exact) mass is 427 g/mol. The summed E-state index contributed by atoms with van der Waals surface area (Å²) in [5.74, 6) is -0.350. The van der Waals surface area contributed by atoms with Crippen LogP contribution in [0.3, 0.4) is 0 Å². The maximum Gasteiger partial charge on any atom is 0.233 e. The third kappa shape index (κ3) is 3.17. The predicted octanol–water partition coefficient (Wildman–Crippen LogP) is 2.97. The number of pyridine rings is 1. The molecule has 8 nitrogen and oxygen atoms in total. The molecule has 0 radical (unpaired) electrons. The highest BCUT2D eigenvalue weighted by atomic mass is 16.5. The number of aromatic nitrogens is 3. The maximum absolute atomic E-state index is 11.7. The van der Waals surface area contributed by atoms with Gasteiger partial charge in [-0.3, -0.25) is 14.6 Å². The van der Waals surface area contributed by atoms with Crippen LogP contribution < -0.4 is 16.2 Å². The highest BCUT2D eigenvalue weighted by Crippen LogP contribution is 2.59. The molecule has 4 N–H and O–H groups in total. The molecule has 8 heteroatoms. The van der Waals surface area contributed by atoms with Crippen LogP contribution in [0.4, 0.5) is 0 Å². The highest BCUT2D eigenvalue weighted by Gasteiger charge is 2.64. The zero-order valence-electron chi connectivity index (χ0n) is 17.4. The topological polar surface area (TPSA) is 126 Å². The molecule has 0 bridgehead atoms. The van der Waals surface area contributed by atoms with Crippen molar-refractivity contribution in [2.24, 2.45) is 16.9 Å². The summed E-state index contributed by atoms with van der Waals surface area (Å²) in [5.41, 5.74) is 13.1. The van der Waals surface area contributed by atoms with Crippen LogP contribution in [0, 0.1) is 12.3 Å². The Bertz CT molecular complexity index is 1350. The van der Waals surface area contributed by atoms with Gasteiger partial charge in [0.15, 0.2) is 0 Å². The zero-order valence-corrected chi connectivity index (χ0v) is 17.4. The number of carbonyl (C=O) groups excluding carboxylic acids is 2. The smallest absolute Gasteiger partial charge is 0.233 e. The minimum Gasteiger partial charge on any atom is -0.457 e. The van der Waals surface area contributed by atoms with Crippen molar-refractivity contribution in [1.82, 2.24) is 14.5 Å². The summed E-state index contributed by atoms with van der Waals surface area (Å²) >= 11 is 0. The number of benzene rings is 2. The second-order valence-electron chi connectivity index (χ2n) is 8.06. The van der Waals surface area contributed by atoms with Gasteiger partial charge in [0, 0.05) is 29.4 Å². The second-order valence-corrected chi connectivity index (χ2v) is 8.06. The van der Waals surface area contributed by atoms with Crippen LogP contribution >= 0.6 is 0 Å². The highest BCUT2D eigenvalue weighted by molar-refractivity contribution is 6.08. The normalized spacial score (nSPS) is 16.6. The summed E-state index contributed by atoms with van der Waals surface area (Å²) in [4.78, 5) is 32.2. The van der Waals surface area contributed by atoms with Crippen LogP contribution in [0.15, 0.2) is 67.3 Å². The summed E-state index contributed by atoms with van der Waals surface area (Å²) in [5, 5.41) is 0.876. The molecule has 4 aromatic rings. The number of ether oxygens (including phenoxy) is 1. The van der Waals surface area contributed by atoms with Crippen LogP contribution in [0.2, 0.25) is 0 Å². The molecule has 1 aliphatic carbocycles. The number of hydrogen-bond donors (Lipinski definition) is 2. The van der Waals surface area contributed by atoms with Gasteiger partial charge in [0.25, 0.3) is 0 Å². The minimum absolute atomic E-state index is 0.293. The van der Waals surface area contributed by atoms with Crippen LogP contribution in [0.5, 0.6) is 11.5 Å². The van der Waals surface area contributed by atoms with E-state index in [0.717, 1.165) is 27.8 Å². The third-order valence-electron chi connectivity index (χ3n) is 6.05. The predicted molar refractivity (Wildman–Crippen MR) is 118 cm³/mol. The van der Waals surface area contributed by atoms with Crippen molar-refractivity contribution >= 4 is 22.7 Å². The van der Waals surface area contributed by atoms with Crippen molar-refractivity contribution in [1.29, 1.82) is 0 Å². The van der Waals surface area contributed by atoms with E-state index in [0.29, 0.717) is 17.9 Å². The maximum atomic E-state index is 11.7. The van der Waals surface area contributed by atoms with Gasteiger partial charge >= 0.3 is 0 Å². The lowest BCUT2D eigenvalue weighted by molar-refractivity contribution is -0.133. The van der Waals surface area contributed by atoms with Gasteiger partial charge in [0.05, 0.1) is 17.5 Å². The number of carbonyl (C=O) groups is 2. The number of aryl methyl sites for hydroxylation is 1. The fourth-order valence-electron chi connectivity index (χ4n) is 4.15. The zero-order chi connectivity index (χ0) is 22.5. The van der Waals surface area contributed by atoms with E-state index in [1.165, 1.54) is 0 Å². The summed E-state index contributed by atoms with van der Waals surface area (Å²) in [6.07, 6.45) is 5.76. The Morgan fingerprint density at radius 2 is 1.81 bits per heavy atom. The van der Waals surface area contributed by atoms with Crippen molar-refractivity contribution in [2.75, 3.05) is 0 Å². The first-order valence-electron chi connectivity index (χ1n) is 10.2. The van der Waals surface area contributed by atoms with Gasteiger partial charge in [-0.1, -0.05) is 12.1 Å². The first kappa shape index (κ1) is 19.7. The second kappa shape index (κ2) is 7.19. The van der Waals surface area contributed by atoms with E-state index < -0.39 is 17.2 Å². The molecule has 1 aliphatic rings. The standard InChI is InChI=1S/C24H21N5O3/c1-14-12-29(13-28-14)16-4-7-18-20(10-16)27-9-8-21(18)32-17-5-2-15(3-6-17)19-11-24(19,22(25)30)23(26)31/h2-10,12-13,19H,11H2,1H3,(H2,25,30)(H2,26,31). The van der Waals surface area contributed by atoms with Gasteiger partial charge in [0.2, 0.25) is 11.8 Å². The van der Waals surface area contributed by atoms with Gasteiger partial charge in [0.1, 0.15) is 16.9 Å². The molecular weight excluding hydrogens is 406 g/mol. The Morgan fingerprint density at radius 1 is 1.06 bits per heavy atom. The quantitative estimate of drug-likeness (QED) is 0.458. The number of hydrogen-bond acceptors (Lipinski definition) is 5. The Balaban J connectivity index is 1.39. The van der Waals surface area contributed by atoms with Gasteiger partial charge in [-0.25, -0.2) is 4.98 Å². The number of amides is 2. The van der Waals surface area contributed by atoms with E-state index >= 15 is 0 Å². The number of rotatable bonds is 6. The summed E-state index contributed by atoms with van der Waals surface area (Å²) < 4.78 is 8.04. The number of primary amides is 2. The number of nitrogens with zero attached hydrogens (tertiary/aromatic N) is 3. The molecule has 2 aromatic heterocycles. The van der Waals surface area contributed by atoms with Gasteiger partial charge in [-0.15, -0.1) is 0 Å². The third-order valence-corrected chi connectivity index (χ3v) is 6.05. The van der Waals surface area contributed by atoms with Crippen molar-refractivity contribution in [3.63, 3.8) is 0 Å². The average Bonchev–Trinajstić information content (AvgIpc) is 3.42. The molecule has 1 atom stereocenters. The van der Waals surface area contributed by atoms with Crippen LogP contribution in [-0.2, 0) is 9.59 Å². The molecule has 2 amide bonds. The largest absolute Gasteiger partial charge is 0.457 e. The first-order chi connectivity index (χ1) is 15.4. The summed E-state index contributed by atoms with van der Waals surface area (Å²) in [7, 11) is 0. The Hall–Kier alpha value is -4.20. The molecule has 1 fully saturated rings. The van der Waals surface area contributed by atoms with Gasteiger partial charge < -0.3 is 20.8 Å². The number of nitrogens with two attached hydrogens (primary N) is 2. The van der Waals surface area contributed by atoms with E-state index in [4.69, 9.17) is 16.2 Å². The van der Waals surface area contributed by atoms with Gasteiger partial charge in [-0.2, -0.15) is 0 Å². The number of fused-ring (bicyclic) bond motifs is 1. The molecule has 0 spiro atoms. The minimum atomic E-state index is -1.28. The molecule has 1 unspecified atom stereocenters. The first-order valence-corrected chi connectivity index (χ1v) is 10.2. The molecule has 5 rings (SSSR count). The molecule has 160 valence electrons. The molecule has 0 saturated heterocycles. The van der Waals surface area contributed by atoms with Crippen LogP contribution in [0.1, 0.15) is 23.6 Å². The van der Waals surface area contributed by atoms with Crippen molar-refractivity contribution in [2.45, 2.75) is 19.3 Å². The SMILES string of the molecule is Cc1cn(-c2ccc3c(Oc4ccc(C5CC5(C(N)=O)C(N)=O)cc4)ccnc3c2)cn1. The van der Waals surface area contributed by atoms with E-state index in [2.05, 4.69) is 9.97 Å². The fraction of sp³-hybridized carbons (Fsp3) is 0.167. The molecular formula is C24H21N5O3. The van der Waals surface area contributed by atoms with Crippen molar-refractivity contribution in [3.8, 4) is 17.2 Å². The van der Waals surface area contributed by atoms with Crippen LogP contribution in [0.25, 0.3) is 16.6 Å². The van der Waals surface area contributed by atoms with Crippen molar-refractivity contribution in [3.05, 3.63) is 78.5 Å². The molecule has 2 heterocycles. The fourth-order valence-corrected chi connectivity index (χ4v) is 4.15. The molecule has 0 aliphatic heterocycles. The van der Waals surface area contributed by atoms with Crippen molar-refractivity contribution < 1.29 is 14.3 Å². The summed E-state index contributed by atoms with van der Waals surface area (Å²) in [6, 6.07) is 15.0. The molecule has 1 saturated carbocycles. The molecule has 32 heavy (non-hydrogen) atoms.